The molecule has 7 aromatic rings. The van der Waals surface area contributed by atoms with Gasteiger partial charge in [0.05, 0.1) is 0 Å². The summed E-state index contributed by atoms with van der Waals surface area (Å²) in [6.07, 6.45) is 0. The Balaban J connectivity index is 1.37. The van der Waals surface area contributed by atoms with Gasteiger partial charge in [0, 0.05) is 11.4 Å². The molecule has 0 aliphatic rings. The lowest BCUT2D eigenvalue weighted by Crippen LogP contribution is -1.92. The second-order valence-corrected chi connectivity index (χ2v) is 9.85. The van der Waals surface area contributed by atoms with Crippen LogP contribution in [0.5, 0.6) is 0 Å². The molecule has 0 amide bonds. The van der Waals surface area contributed by atoms with Crippen molar-refractivity contribution in [3.8, 4) is 33.4 Å². The van der Waals surface area contributed by atoms with E-state index in [0.29, 0.717) is 0 Å². The van der Waals surface area contributed by atoms with Crippen LogP contribution in [0.2, 0.25) is 0 Å². The van der Waals surface area contributed by atoms with Crippen molar-refractivity contribution in [2.45, 2.75) is 0 Å². The number of anilines is 2. The van der Waals surface area contributed by atoms with Gasteiger partial charge in [-0.25, -0.2) is 0 Å². The molecule has 0 fully saturated rings. The summed E-state index contributed by atoms with van der Waals surface area (Å²) < 4.78 is 0. The Morgan fingerprint density at radius 1 is 0.256 bits per heavy atom. The molecule has 0 unspecified atom stereocenters. The summed E-state index contributed by atoms with van der Waals surface area (Å²) in [6.45, 7) is 0. The second-order valence-electron chi connectivity index (χ2n) is 9.85. The van der Waals surface area contributed by atoms with E-state index in [4.69, 9.17) is 0 Å². The highest BCUT2D eigenvalue weighted by Gasteiger charge is 2.16. The van der Waals surface area contributed by atoms with E-state index in [1.54, 1.807) is 0 Å². The lowest BCUT2D eigenvalue weighted by Gasteiger charge is -2.18. The summed E-state index contributed by atoms with van der Waals surface area (Å²) in [5, 5.41) is 8.57. The lowest BCUT2D eigenvalue weighted by atomic mass is 9.85. The monoisotopic (exact) mass is 497 g/mol. The fraction of sp³-hybridized carbons (Fsp3) is 0. The predicted molar refractivity (Wildman–Crippen MR) is 167 cm³/mol. The topological polar surface area (TPSA) is 12.0 Å². The number of hydrogen-bond acceptors (Lipinski definition) is 1. The SMILES string of the molecule is c1ccc(Nc2ccc(-c3c4ccccc4c(-c4ccc(-c5ccccc5)cc4)c4ccccc34)cc2)cc1. The highest BCUT2D eigenvalue weighted by atomic mass is 14.9. The largest absolute Gasteiger partial charge is 0.356 e. The smallest absolute Gasteiger partial charge is 0.0384 e. The first kappa shape index (κ1) is 23.0. The van der Waals surface area contributed by atoms with E-state index in [0.717, 1.165) is 11.4 Å². The quantitative estimate of drug-likeness (QED) is 0.233. The molecule has 0 bridgehead atoms. The van der Waals surface area contributed by atoms with E-state index < -0.39 is 0 Å². The van der Waals surface area contributed by atoms with Gasteiger partial charge in [0.15, 0.2) is 0 Å². The maximum atomic E-state index is 3.50. The zero-order valence-electron chi connectivity index (χ0n) is 21.5. The molecule has 1 N–H and O–H groups in total. The Labute approximate surface area is 229 Å². The first-order valence-electron chi connectivity index (χ1n) is 13.4. The maximum absolute atomic E-state index is 3.50. The average molecular weight is 498 g/mol. The van der Waals surface area contributed by atoms with Crippen molar-refractivity contribution in [3.05, 3.63) is 158 Å². The predicted octanol–water partition coefficient (Wildman–Crippen LogP) is 10.7. The van der Waals surface area contributed by atoms with Gasteiger partial charge in [-0.3, -0.25) is 0 Å². The molecule has 1 nitrogen and oxygen atoms in total. The molecule has 0 spiro atoms. The van der Waals surface area contributed by atoms with Gasteiger partial charge in [0.25, 0.3) is 0 Å². The summed E-state index contributed by atoms with van der Waals surface area (Å²) in [6, 6.07) is 56.3. The van der Waals surface area contributed by atoms with Crippen LogP contribution >= 0.6 is 0 Å². The summed E-state index contributed by atoms with van der Waals surface area (Å²) in [5.41, 5.74) is 9.64. The number of rotatable bonds is 5. The summed E-state index contributed by atoms with van der Waals surface area (Å²) in [4.78, 5) is 0. The molecule has 0 radical (unpaired) electrons. The third kappa shape index (κ3) is 4.35. The fourth-order valence-electron chi connectivity index (χ4n) is 5.62. The van der Waals surface area contributed by atoms with Crippen molar-refractivity contribution in [1.82, 2.24) is 0 Å². The minimum Gasteiger partial charge on any atom is -0.356 e. The van der Waals surface area contributed by atoms with Gasteiger partial charge in [-0.1, -0.05) is 133 Å². The molecular weight excluding hydrogens is 470 g/mol. The minimum atomic E-state index is 1.08. The zero-order chi connectivity index (χ0) is 26.0. The molecule has 0 saturated heterocycles. The first-order valence-corrected chi connectivity index (χ1v) is 13.4. The van der Waals surface area contributed by atoms with Gasteiger partial charge in [-0.15, -0.1) is 0 Å². The Kier molecular flexibility index (Phi) is 5.88. The van der Waals surface area contributed by atoms with Crippen molar-refractivity contribution in [3.63, 3.8) is 0 Å². The molecule has 0 atom stereocenters. The number of hydrogen-bond donors (Lipinski definition) is 1. The molecule has 7 rings (SSSR count). The molecular formula is C38H27N. The van der Waals surface area contributed by atoms with Crippen LogP contribution in [0.25, 0.3) is 54.9 Å². The Bertz CT molecular complexity index is 1830. The van der Waals surface area contributed by atoms with Gasteiger partial charge >= 0.3 is 0 Å². The fourth-order valence-corrected chi connectivity index (χ4v) is 5.62. The molecule has 0 aliphatic heterocycles. The molecule has 39 heavy (non-hydrogen) atoms. The second kappa shape index (κ2) is 9.96. The molecule has 0 heterocycles. The maximum Gasteiger partial charge on any atom is 0.0384 e. The van der Waals surface area contributed by atoms with Crippen molar-refractivity contribution >= 4 is 32.9 Å². The van der Waals surface area contributed by atoms with E-state index in [1.807, 2.05) is 18.2 Å². The Morgan fingerprint density at radius 3 is 1.08 bits per heavy atom. The van der Waals surface area contributed by atoms with E-state index in [9.17, 15) is 0 Å². The number of fused-ring (bicyclic) bond motifs is 2. The van der Waals surface area contributed by atoms with Gasteiger partial charge in [0.2, 0.25) is 0 Å². The third-order valence-corrected chi connectivity index (χ3v) is 7.45. The zero-order valence-corrected chi connectivity index (χ0v) is 21.5. The van der Waals surface area contributed by atoms with Gasteiger partial charge < -0.3 is 5.32 Å². The van der Waals surface area contributed by atoms with Gasteiger partial charge in [0.1, 0.15) is 0 Å². The molecule has 0 saturated carbocycles. The van der Waals surface area contributed by atoms with Crippen molar-refractivity contribution in [1.29, 1.82) is 0 Å². The lowest BCUT2D eigenvalue weighted by molar-refractivity contribution is 1.55. The molecule has 184 valence electrons. The first-order chi connectivity index (χ1) is 19.3. The standard InChI is InChI=1S/C38H27N/c1-3-11-27(12-4-1)28-19-21-29(22-20-28)37-33-15-7-9-17-35(33)38(36-18-10-8-16-34(36)37)30-23-25-32(26-24-30)39-31-13-5-2-6-14-31/h1-26,39H. The van der Waals surface area contributed by atoms with E-state index in [1.165, 1.54) is 54.9 Å². The van der Waals surface area contributed by atoms with Gasteiger partial charge in [-0.2, -0.15) is 0 Å². The van der Waals surface area contributed by atoms with Crippen LogP contribution in [0.3, 0.4) is 0 Å². The van der Waals surface area contributed by atoms with Crippen molar-refractivity contribution in [2.24, 2.45) is 0 Å². The highest BCUT2D eigenvalue weighted by molar-refractivity contribution is 6.21. The highest BCUT2D eigenvalue weighted by Crippen LogP contribution is 2.44. The molecule has 1 heteroatoms. The van der Waals surface area contributed by atoms with Crippen LogP contribution in [0, 0.1) is 0 Å². The van der Waals surface area contributed by atoms with Gasteiger partial charge in [-0.05, 0) is 79.2 Å². The third-order valence-electron chi connectivity index (χ3n) is 7.45. The normalized spacial score (nSPS) is 11.1. The van der Waals surface area contributed by atoms with E-state index in [-0.39, 0.29) is 0 Å². The number of benzene rings is 7. The summed E-state index contributed by atoms with van der Waals surface area (Å²) in [7, 11) is 0. The summed E-state index contributed by atoms with van der Waals surface area (Å²) in [5.74, 6) is 0. The Morgan fingerprint density at radius 2 is 0.590 bits per heavy atom. The van der Waals surface area contributed by atoms with Crippen LogP contribution in [-0.4, -0.2) is 0 Å². The van der Waals surface area contributed by atoms with Crippen LogP contribution in [0.15, 0.2) is 158 Å². The molecule has 0 aromatic heterocycles. The van der Waals surface area contributed by atoms with E-state index in [2.05, 4.69) is 145 Å². The van der Waals surface area contributed by atoms with Crippen molar-refractivity contribution in [2.75, 3.05) is 5.32 Å². The van der Waals surface area contributed by atoms with Crippen LogP contribution in [0.4, 0.5) is 11.4 Å². The average Bonchev–Trinajstić information content (AvgIpc) is 3.01. The van der Waals surface area contributed by atoms with Crippen molar-refractivity contribution < 1.29 is 0 Å². The Hall–Kier alpha value is -5.14. The van der Waals surface area contributed by atoms with E-state index >= 15 is 0 Å². The number of para-hydroxylation sites is 1. The molecule has 0 aliphatic carbocycles. The van der Waals surface area contributed by atoms with Crippen LogP contribution in [-0.2, 0) is 0 Å². The summed E-state index contributed by atoms with van der Waals surface area (Å²) >= 11 is 0. The number of nitrogens with one attached hydrogen (secondary N) is 1. The molecule has 7 aromatic carbocycles. The minimum absolute atomic E-state index is 1.08. The van der Waals surface area contributed by atoms with Crippen LogP contribution in [0.1, 0.15) is 0 Å². The van der Waals surface area contributed by atoms with Crippen LogP contribution < -0.4 is 5.32 Å².